The molecule has 14 heavy (non-hydrogen) atoms. The summed E-state index contributed by atoms with van der Waals surface area (Å²) < 4.78 is 0. The second-order valence-electron chi connectivity index (χ2n) is 4.14. The summed E-state index contributed by atoms with van der Waals surface area (Å²) in [5, 5.41) is 0. The molecule has 0 aliphatic carbocycles. The topological polar surface area (TPSA) is 41.6 Å². The molecule has 4 heteroatoms. The minimum Gasteiger partial charge on any atom is -0.354 e. The van der Waals surface area contributed by atoms with Gasteiger partial charge in [-0.15, -0.1) is 0 Å². The largest absolute Gasteiger partial charge is 0.428 e. The van der Waals surface area contributed by atoms with Crippen LogP contribution in [0.3, 0.4) is 0 Å². The fraction of sp³-hybridized carbons (Fsp3) is 0.900. The molecule has 1 saturated heterocycles. The van der Waals surface area contributed by atoms with Gasteiger partial charge in [0.1, 0.15) is 0 Å². The molecule has 0 aromatic heterocycles. The van der Waals surface area contributed by atoms with Crippen molar-refractivity contribution in [3.8, 4) is 0 Å². The average Bonchev–Trinajstić information content (AvgIpc) is 2.64. The number of hydrogen-bond acceptors (Lipinski definition) is 3. The number of nitrogens with zero attached hydrogens (tertiary/aromatic N) is 1. The lowest BCUT2D eigenvalue weighted by molar-refractivity contribution is 0.0593. The van der Waals surface area contributed by atoms with Crippen molar-refractivity contribution >= 4 is 6.09 Å². The van der Waals surface area contributed by atoms with E-state index in [-0.39, 0.29) is 6.09 Å². The Morgan fingerprint density at radius 3 is 2.64 bits per heavy atom. The number of hydroxylamine groups is 1. The number of carbonyl (C=O) groups excluding carboxylic acids is 1. The first kappa shape index (κ1) is 11.3. The molecule has 0 radical (unpaired) electrons. The van der Waals surface area contributed by atoms with Crippen LogP contribution in [0.25, 0.3) is 0 Å². The molecule has 0 bridgehead atoms. The molecule has 1 aliphatic rings. The van der Waals surface area contributed by atoms with Crippen LogP contribution >= 0.6 is 0 Å². The summed E-state index contributed by atoms with van der Waals surface area (Å²) in [6.07, 6.45) is 2.99. The third kappa shape index (κ3) is 3.96. The van der Waals surface area contributed by atoms with Crippen molar-refractivity contribution in [2.75, 3.05) is 19.6 Å². The monoisotopic (exact) mass is 200 g/mol. The average molecular weight is 200 g/mol. The SMILES string of the molecule is CC(C)CCNOC(=O)N1CCCC1. The summed E-state index contributed by atoms with van der Waals surface area (Å²) in [5.74, 6) is 0.632. The van der Waals surface area contributed by atoms with Gasteiger partial charge in [-0.3, -0.25) is 0 Å². The summed E-state index contributed by atoms with van der Waals surface area (Å²) in [6.45, 7) is 6.70. The molecule has 1 N–H and O–H groups in total. The number of hydrogen-bond donors (Lipinski definition) is 1. The lowest BCUT2D eigenvalue weighted by atomic mass is 10.1. The van der Waals surface area contributed by atoms with Crippen LogP contribution in [-0.2, 0) is 4.84 Å². The van der Waals surface area contributed by atoms with Gasteiger partial charge < -0.3 is 9.74 Å². The van der Waals surface area contributed by atoms with Crippen molar-refractivity contribution in [1.29, 1.82) is 0 Å². The van der Waals surface area contributed by atoms with Crippen LogP contribution < -0.4 is 5.48 Å². The zero-order valence-electron chi connectivity index (χ0n) is 9.08. The summed E-state index contributed by atoms with van der Waals surface area (Å²) in [7, 11) is 0. The Kier molecular flexibility index (Phi) is 4.73. The summed E-state index contributed by atoms with van der Waals surface area (Å²) in [6, 6.07) is 0. The lowest BCUT2D eigenvalue weighted by Crippen LogP contribution is -2.33. The van der Waals surface area contributed by atoms with Crippen molar-refractivity contribution in [2.24, 2.45) is 5.92 Å². The summed E-state index contributed by atoms with van der Waals surface area (Å²) >= 11 is 0. The first-order valence-electron chi connectivity index (χ1n) is 5.38. The number of amides is 1. The van der Waals surface area contributed by atoms with E-state index in [0.717, 1.165) is 38.9 Å². The molecule has 82 valence electrons. The number of likely N-dealkylation sites (tertiary alicyclic amines) is 1. The van der Waals surface area contributed by atoms with Gasteiger partial charge in [0.15, 0.2) is 0 Å². The quantitative estimate of drug-likeness (QED) is 0.555. The van der Waals surface area contributed by atoms with Crippen molar-refractivity contribution in [2.45, 2.75) is 33.1 Å². The molecule has 4 nitrogen and oxygen atoms in total. The van der Waals surface area contributed by atoms with Gasteiger partial charge in [0.05, 0.1) is 0 Å². The van der Waals surface area contributed by atoms with Crippen LogP contribution in [0.2, 0.25) is 0 Å². The fourth-order valence-corrected chi connectivity index (χ4v) is 1.42. The molecule has 0 spiro atoms. The van der Waals surface area contributed by atoms with Gasteiger partial charge in [-0.05, 0) is 25.2 Å². The third-order valence-electron chi connectivity index (χ3n) is 2.35. The Morgan fingerprint density at radius 1 is 1.43 bits per heavy atom. The molecule has 1 heterocycles. The highest BCUT2D eigenvalue weighted by Gasteiger charge is 2.18. The molecule has 1 aliphatic heterocycles. The molecule has 0 aromatic carbocycles. The van der Waals surface area contributed by atoms with E-state index in [1.807, 2.05) is 0 Å². The van der Waals surface area contributed by atoms with E-state index in [2.05, 4.69) is 19.3 Å². The standard InChI is InChI=1S/C10H20N2O2/c1-9(2)5-6-11-14-10(13)12-7-3-4-8-12/h9,11H,3-8H2,1-2H3. The van der Waals surface area contributed by atoms with Crippen LogP contribution in [-0.4, -0.2) is 30.6 Å². The molecule has 1 fully saturated rings. The molecular weight excluding hydrogens is 180 g/mol. The minimum atomic E-state index is -0.230. The van der Waals surface area contributed by atoms with Gasteiger partial charge in [-0.1, -0.05) is 13.8 Å². The Bertz CT molecular complexity index is 177. The molecular formula is C10H20N2O2. The number of carbonyl (C=O) groups is 1. The molecule has 0 atom stereocenters. The highest BCUT2D eigenvalue weighted by molar-refractivity contribution is 5.67. The van der Waals surface area contributed by atoms with E-state index in [0.29, 0.717) is 5.92 Å². The van der Waals surface area contributed by atoms with E-state index >= 15 is 0 Å². The zero-order chi connectivity index (χ0) is 10.4. The highest BCUT2D eigenvalue weighted by atomic mass is 16.7. The molecule has 1 rings (SSSR count). The lowest BCUT2D eigenvalue weighted by Gasteiger charge is -2.15. The Hall–Kier alpha value is -0.770. The van der Waals surface area contributed by atoms with Crippen LogP contribution in [0.15, 0.2) is 0 Å². The normalized spacial score (nSPS) is 16.4. The van der Waals surface area contributed by atoms with Crippen LogP contribution in [0, 0.1) is 5.92 Å². The Morgan fingerprint density at radius 2 is 2.07 bits per heavy atom. The van der Waals surface area contributed by atoms with Crippen LogP contribution in [0.5, 0.6) is 0 Å². The van der Waals surface area contributed by atoms with Crippen molar-refractivity contribution in [3.63, 3.8) is 0 Å². The minimum absolute atomic E-state index is 0.230. The van der Waals surface area contributed by atoms with Gasteiger partial charge in [0, 0.05) is 19.6 Å². The third-order valence-corrected chi connectivity index (χ3v) is 2.35. The van der Waals surface area contributed by atoms with E-state index in [1.54, 1.807) is 4.90 Å². The van der Waals surface area contributed by atoms with E-state index in [1.165, 1.54) is 0 Å². The van der Waals surface area contributed by atoms with Crippen molar-refractivity contribution in [3.05, 3.63) is 0 Å². The maximum Gasteiger partial charge on any atom is 0.428 e. The summed E-state index contributed by atoms with van der Waals surface area (Å²) in [5.41, 5.74) is 2.70. The Balaban J connectivity index is 2.03. The molecule has 0 saturated carbocycles. The second-order valence-corrected chi connectivity index (χ2v) is 4.14. The van der Waals surface area contributed by atoms with Gasteiger partial charge in [0.25, 0.3) is 0 Å². The first-order valence-corrected chi connectivity index (χ1v) is 5.38. The first-order chi connectivity index (χ1) is 6.70. The number of rotatable bonds is 4. The van der Waals surface area contributed by atoms with E-state index in [4.69, 9.17) is 4.84 Å². The van der Waals surface area contributed by atoms with Gasteiger partial charge >= 0.3 is 6.09 Å². The van der Waals surface area contributed by atoms with Crippen molar-refractivity contribution < 1.29 is 9.63 Å². The Labute approximate surface area is 85.6 Å². The predicted octanol–water partition coefficient (Wildman–Crippen LogP) is 1.77. The maximum atomic E-state index is 11.3. The molecule has 0 aromatic rings. The van der Waals surface area contributed by atoms with Crippen LogP contribution in [0.1, 0.15) is 33.1 Å². The highest BCUT2D eigenvalue weighted by Crippen LogP contribution is 2.07. The molecule has 1 amide bonds. The number of nitrogens with one attached hydrogen (secondary N) is 1. The van der Waals surface area contributed by atoms with Gasteiger partial charge in [-0.2, -0.15) is 5.48 Å². The van der Waals surface area contributed by atoms with Gasteiger partial charge in [0.2, 0.25) is 0 Å². The van der Waals surface area contributed by atoms with E-state index in [9.17, 15) is 4.79 Å². The van der Waals surface area contributed by atoms with Crippen molar-refractivity contribution in [1.82, 2.24) is 10.4 Å². The van der Waals surface area contributed by atoms with E-state index < -0.39 is 0 Å². The second kappa shape index (κ2) is 5.86. The maximum absolute atomic E-state index is 11.3. The fourth-order valence-electron chi connectivity index (χ4n) is 1.42. The van der Waals surface area contributed by atoms with Crippen LogP contribution in [0.4, 0.5) is 4.79 Å². The zero-order valence-corrected chi connectivity index (χ0v) is 9.08. The van der Waals surface area contributed by atoms with Gasteiger partial charge in [-0.25, -0.2) is 4.79 Å². The smallest absolute Gasteiger partial charge is 0.354 e. The predicted molar refractivity (Wildman–Crippen MR) is 54.7 cm³/mol. The summed E-state index contributed by atoms with van der Waals surface area (Å²) in [4.78, 5) is 18.0. The molecule has 0 unspecified atom stereocenters.